The third kappa shape index (κ3) is 6.09. The Kier molecular flexibility index (Phi) is 8.98. The number of aromatic amines is 2. The summed E-state index contributed by atoms with van der Waals surface area (Å²) in [5, 5.41) is 14.3. The molecule has 3 saturated heterocycles. The van der Waals surface area contributed by atoms with E-state index in [2.05, 4.69) is 35.7 Å². The van der Waals surface area contributed by atoms with Gasteiger partial charge in [0.15, 0.2) is 18.8 Å². The summed E-state index contributed by atoms with van der Waals surface area (Å²) in [4.78, 5) is 35.5. The number of hydrogen-bond donors (Lipinski definition) is 4. The maximum atomic E-state index is 17.1. The number of ether oxygens (including phenoxy) is 2. The number of benzene rings is 1. The van der Waals surface area contributed by atoms with E-state index in [9.17, 15) is 14.0 Å². The van der Waals surface area contributed by atoms with Crippen LogP contribution in [0, 0.1) is 12.7 Å². The lowest BCUT2D eigenvalue weighted by atomic mass is 9.95. The first-order valence-corrected chi connectivity index (χ1v) is 17.0. The Bertz CT molecular complexity index is 1910. The van der Waals surface area contributed by atoms with Gasteiger partial charge in [0.2, 0.25) is 5.82 Å². The SMILES string of the molecule is Cc1c(Cl)cc2[nH]ncc2c1-c1c(F)c2nc(OC[C@@]34CCCN3C[C@H](F)C4)[nH]c(=O)c2c[n+]1[C@@H](C)COC(=O)NC1CCCCNC1. The van der Waals surface area contributed by atoms with Crippen LogP contribution in [0.1, 0.15) is 57.1 Å². The van der Waals surface area contributed by atoms with Gasteiger partial charge in [0, 0.05) is 42.9 Å². The topological polar surface area (TPSA) is 141 Å². The second-order valence-electron chi connectivity index (χ2n) is 13.4. The summed E-state index contributed by atoms with van der Waals surface area (Å²) in [7, 11) is 0. The van der Waals surface area contributed by atoms with E-state index >= 15 is 4.39 Å². The molecule has 0 saturated carbocycles. The van der Waals surface area contributed by atoms with Gasteiger partial charge in [-0.25, -0.2) is 9.18 Å². The van der Waals surface area contributed by atoms with Gasteiger partial charge in [0.1, 0.15) is 23.7 Å². The summed E-state index contributed by atoms with van der Waals surface area (Å²) < 4.78 is 44.6. The van der Waals surface area contributed by atoms with Crippen LogP contribution in [0.3, 0.4) is 0 Å². The number of pyridine rings is 1. The van der Waals surface area contributed by atoms with E-state index in [4.69, 9.17) is 21.1 Å². The molecule has 7 rings (SSSR count). The third-order valence-corrected chi connectivity index (χ3v) is 10.5. The molecule has 1 amide bonds. The largest absolute Gasteiger partial charge is 0.463 e. The summed E-state index contributed by atoms with van der Waals surface area (Å²) in [5.74, 6) is -0.775. The minimum absolute atomic E-state index is 0.0158. The first kappa shape index (κ1) is 32.7. The number of carbonyl (C=O) groups is 1. The molecule has 4 N–H and O–H groups in total. The maximum Gasteiger partial charge on any atom is 0.407 e. The van der Waals surface area contributed by atoms with Crippen molar-refractivity contribution in [2.45, 2.75) is 76.2 Å². The van der Waals surface area contributed by atoms with Crippen LogP contribution >= 0.6 is 11.6 Å². The molecule has 0 radical (unpaired) electrons. The highest BCUT2D eigenvalue weighted by Crippen LogP contribution is 2.41. The van der Waals surface area contributed by atoms with Crippen molar-refractivity contribution in [2.24, 2.45) is 0 Å². The molecule has 0 bridgehead atoms. The van der Waals surface area contributed by atoms with Crippen molar-refractivity contribution in [1.29, 1.82) is 0 Å². The normalized spacial score (nSPS) is 23.7. The third-order valence-electron chi connectivity index (χ3n) is 10.1. The smallest absolute Gasteiger partial charge is 0.407 e. The molecular formula is C33H40ClF2N8O4+. The summed E-state index contributed by atoms with van der Waals surface area (Å²) in [6.45, 7) is 6.27. The molecule has 0 aliphatic carbocycles. The fraction of sp³-hybridized carbons (Fsp3) is 0.545. The summed E-state index contributed by atoms with van der Waals surface area (Å²) in [6, 6.07) is 0.910. The Hall–Kier alpha value is -3.88. The molecule has 1 aromatic carbocycles. The number of halogens is 3. The van der Waals surface area contributed by atoms with Crippen molar-refractivity contribution in [3.63, 3.8) is 0 Å². The number of fused-ring (bicyclic) bond motifs is 3. The van der Waals surface area contributed by atoms with Gasteiger partial charge in [0.25, 0.3) is 17.3 Å². The molecule has 48 heavy (non-hydrogen) atoms. The number of carbonyl (C=O) groups excluding carboxylic acids is 1. The summed E-state index contributed by atoms with van der Waals surface area (Å²) in [6.07, 6.45) is 6.52. The highest BCUT2D eigenvalue weighted by molar-refractivity contribution is 6.32. The number of alkyl carbamates (subject to hydrolysis) is 1. The second kappa shape index (κ2) is 13.2. The number of aromatic nitrogens is 5. The number of rotatable bonds is 8. The molecule has 3 aliphatic rings. The Morgan fingerprint density at radius 3 is 3.02 bits per heavy atom. The van der Waals surface area contributed by atoms with E-state index in [1.165, 1.54) is 6.20 Å². The van der Waals surface area contributed by atoms with Crippen molar-refractivity contribution in [2.75, 3.05) is 39.4 Å². The number of H-pyrrole nitrogens is 2. The van der Waals surface area contributed by atoms with Crippen LogP contribution in [0.25, 0.3) is 33.1 Å². The van der Waals surface area contributed by atoms with Gasteiger partial charge in [-0.05, 0) is 57.3 Å². The standard InChI is InChI=1S/C33H39ClF2N8O4/c1-18(16-47-32(46)39-21-6-3-4-8-37-12-21)44-15-23-28(27(36)29(44)26-19(2)24(34)10-25-22(26)13-38-42-25)40-31(41-30(23)45)48-17-33-7-5-9-43(33)14-20(35)11-33/h10,13,15,18,20-21,37H,3-9,11-12,14,16-17H2,1-2H3,(H2,38,39,40,41,42,45,46)/p+1/t18-,20+,21?,33-/m0/s1. The van der Waals surface area contributed by atoms with Gasteiger partial charge >= 0.3 is 6.09 Å². The number of amides is 1. The Morgan fingerprint density at radius 1 is 1.31 bits per heavy atom. The van der Waals surface area contributed by atoms with Crippen LogP contribution in [0.15, 0.2) is 23.3 Å². The molecule has 3 fully saturated rings. The van der Waals surface area contributed by atoms with E-state index < -0.39 is 35.2 Å². The molecule has 6 heterocycles. The van der Waals surface area contributed by atoms with Gasteiger partial charge < -0.3 is 20.1 Å². The average Bonchev–Trinajstić information content (AvgIpc) is 3.69. The molecule has 3 aromatic heterocycles. The van der Waals surface area contributed by atoms with Crippen LogP contribution in [-0.2, 0) is 4.74 Å². The first-order valence-electron chi connectivity index (χ1n) is 16.6. The number of nitrogens with one attached hydrogen (secondary N) is 4. The van der Waals surface area contributed by atoms with Gasteiger partial charge in [-0.2, -0.15) is 19.0 Å². The number of nitrogens with zero attached hydrogens (tertiary/aromatic N) is 4. The lowest BCUT2D eigenvalue weighted by molar-refractivity contribution is -0.710. The number of hydrogen-bond acceptors (Lipinski definition) is 8. The second-order valence-corrected chi connectivity index (χ2v) is 13.8. The van der Waals surface area contributed by atoms with Gasteiger partial charge in [0.05, 0.1) is 22.8 Å². The molecule has 4 atom stereocenters. The van der Waals surface area contributed by atoms with E-state index in [0.717, 1.165) is 45.2 Å². The van der Waals surface area contributed by atoms with Gasteiger partial charge in [-0.3, -0.25) is 19.8 Å². The molecule has 4 aromatic rings. The Labute approximate surface area is 280 Å². The van der Waals surface area contributed by atoms with Gasteiger partial charge in [-0.15, -0.1) is 0 Å². The van der Waals surface area contributed by atoms with Crippen molar-refractivity contribution in [1.82, 2.24) is 35.7 Å². The lowest BCUT2D eigenvalue weighted by Gasteiger charge is -2.30. The highest BCUT2D eigenvalue weighted by atomic mass is 35.5. The van der Waals surface area contributed by atoms with Crippen LogP contribution < -0.4 is 25.5 Å². The Morgan fingerprint density at radius 2 is 2.17 bits per heavy atom. The van der Waals surface area contributed by atoms with E-state index in [0.29, 0.717) is 46.6 Å². The molecule has 0 spiro atoms. The predicted molar refractivity (Wildman–Crippen MR) is 176 cm³/mol. The minimum Gasteiger partial charge on any atom is -0.463 e. The predicted octanol–water partition coefficient (Wildman–Crippen LogP) is 4.24. The van der Waals surface area contributed by atoms with E-state index in [-0.39, 0.29) is 41.9 Å². The zero-order valence-corrected chi connectivity index (χ0v) is 27.8. The summed E-state index contributed by atoms with van der Waals surface area (Å²) >= 11 is 6.63. The lowest BCUT2D eigenvalue weighted by Crippen LogP contribution is -2.46. The van der Waals surface area contributed by atoms with Crippen molar-refractivity contribution in [3.05, 3.63) is 45.2 Å². The zero-order chi connectivity index (χ0) is 33.6. The van der Waals surface area contributed by atoms with Crippen molar-refractivity contribution >= 4 is 39.5 Å². The highest BCUT2D eigenvalue weighted by Gasteiger charge is 2.49. The van der Waals surface area contributed by atoms with Crippen LogP contribution in [0.5, 0.6) is 6.01 Å². The van der Waals surface area contributed by atoms with Crippen molar-refractivity contribution < 1.29 is 27.6 Å². The quantitative estimate of drug-likeness (QED) is 0.202. The number of alkyl halides is 1. The molecular weight excluding hydrogens is 646 g/mol. The molecule has 256 valence electrons. The average molecular weight is 686 g/mol. The first-order chi connectivity index (χ1) is 23.1. The molecule has 15 heteroatoms. The Balaban J connectivity index is 1.26. The van der Waals surface area contributed by atoms with E-state index in [1.807, 2.05) is 0 Å². The minimum atomic E-state index is -0.945. The van der Waals surface area contributed by atoms with E-state index in [1.54, 1.807) is 30.7 Å². The zero-order valence-electron chi connectivity index (χ0n) is 27.0. The summed E-state index contributed by atoms with van der Waals surface area (Å²) in [5.41, 5.74) is 0.461. The van der Waals surface area contributed by atoms with Crippen LogP contribution in [-0.4, -0.2) is 88.3 Å². The van der Waals surface area contributed by atoms with Crippen LogP contribution in [0.4, 0.5) is 13.6 Å². The van der Waals surface area contributed by atoms with Gasteiger partial charge in [-0.1, -0.05) is 18.0 Å². The monoisotopic (exact) mass is 685 g/mol. The fourth-order valence-corrected chi connectivity index (χ4v) is 7.78. The fourth-order valence-electron chi connectivity index (χ4n) is 7.58. The molecule has 1 unspecified atom stereocenters. The van der Waals surface area contributed by atoms with Crippen molar-refractivity contribution in [3.8, 4) is 17.3 Å². The molecule has 3 aliphatic heterocycles. The van der Waals surface area contributed by atoms with Crippen LogP contribution in [0.2, 0.25) is 5.02 Å². The maximum absolute atomic E-state index is 17.1. The molecule has 12 nitrogen and oxygen atoms in total.